The van der Waals surface area contributed by atoms with Crippen molar-refractivity contribution in [1.82, 2.24) is 5.32 Å². The van der Waals surface area contributed by atoms with Crippen LogP contribution in [0.15, 0.2) is 30.3 Å². The van der Waals surface area contributed by atoms with Crippen molar-refractivity contribution in [3.05, 3.63) is 35.9 Å². The van der Waals surface area contributed by atoms with Crippen molar-refractivity contribution in [2.45, 2.75) is 63.7 Å². The monoisotopic (exact) mass is 311 g/mol. The second-order valence-electron chi connectivity index (χ2n) is 8.50. The second kappa shape index (κ2) is 5.65. The molecule has 4 bridgehead atoms. The molecule has 4 fully saturated rings. The van der Waals surface area contributed by atoms with E-state index in [1.165, 1.54) is 24.8 Å². The van der Waals surface area contributed by atoms with E-state index in [0.717, 1.165) is 50.5 Å². The first kappa shape index (κ1) is 15.2. The summed E-state index contributed by atoms with van der Waals surface area (Å²) in [5, 5.41) is 3.27. The number of amides is 1. The Hall–Kier alpha value is -1.31. The van der Waals surface area contributed by atoms with Gasteiger partial charge in [-0.2, -0.15) is 0 Å². The molecule has 0 heterocycles. The van der Waals surface area contributed by atoms with Gasteiger partial charge in [-0.15, -0.1) is 0 Å². The number of rotatable bonds is 5. The third-order valence-corrected chi connectivity index (χ3v) is 6.74. The third kappa shape index (κ3) is 2.51. The summed E-state index contributed by atoms with van der Waals surface area (Å²) in [6, 6.07) is 11.0. The molecule has 4 aliphatic rings. The van der Waals surface area contributed by atoms with E-state index in [1.54, 1.807) is 0 Å². The molecule has 1 aromatic rings. The van der Waals surface area contributed by atoms with Gasteiger partial charge in [0.25, 0.3) is 0 Å². The molecule has 4 saturated carbocycles. The maximum Gasteiger partial charge on any atom is 0.226 e. The molecule has 0 aliphatic heterocycles. The SMILES string of the molecule is CCCCNC(=O)C12C[C@H]3C[C@H](C1)CC(c1ccccc1)(C3)C2. The number of carbonyl (C=O) groups excluding carboxylic acids is 1. The highest BCUT2D eigenvalue weighted by atomic mass is 16.2. The van der Waals surface area contributed by atoms with Crippen molar-refractivity contribution in [2.75, 3.05) is 6.54 Å². The van der Waals surface area contributed by atoms with E-state index < -0.39 is 0 Å². The predicted molar refractivity (Wildman–Crippen MR) is 93.2 cm³/mol. The lowest BCUT2D eigenvalue weighted by atomic mass is 9.42. The molecule has 23 heavy (non-hydrogen) atoms. The van der Waals surface area contributed by atoms with Gasteiger partial charge in [0.15, 0.2) is 0 Å². The van der Waals surface area contributed by atoms with E-state index in [9.17, 15) is 4.79 Å². The van der Waals surface area contributed by atoms with Gasteiger partial charge in [0.05, 0.1) is 5.41 Å². The molecule has 0 spiro atoms. The Balaban J connectivity index is 1.62. The van der Waals surface area contributed by atoms with Gasteiger partial charge in [0, 0.05) is 6.54 Å². The van der Waals surface area contributed by atoms with Crippen LogP contribution in [0.3, 0.4) is 0 Å². The lowest BCUT2D eigenvalue weighted by molar-refractivity contribution is -0.149. The summed E-state index contributed by atoms with van der Waals surface area (Å²) >= 11 is 0. The lowest BCUT2D eigenvalue weighted by Gasteiger charge is -2.61. The first-order valence-electron chi connectivity index (χ1n) is 9.50. The van der Waals surface area contributed by atoms with Gasteiger partial charge in [-0.05, 0) is 67.8 Å². The molecule has 4 aliphatic carbocycles. The zero-order valence-corrected chi connectivity index (χ0v) is 14.3. The first-order valence-corrected chi connectivity index (χ1v) is 9.50. The summed E-state index contributed by atoms with van der Waals surface area (Å²) < 4.78 is 0. The molecular weight excluding hydrogens is 282 g/mol. The molecule has 5 rings (SSSR count). The molecule has 1 amide bonds. The normalized spacial score (nSPS) is 37.8. The van der Waals surface area contributed by atoms with E-state index >= 15 is 0 Å². The van der Waals surface area contributed by atoms with Crippen LogP contribution in [-0.2, 0) is 10.2 Å². The summed E-state index contributed by atoms with van der Waals surface area (Å²) in [4.78, 5) is 13.0. The minimum absolute atomic E-state index is 0.0757. The number of hydrogen-bond donors (Lipinski definition) is 1. The van der Waals surface area contributed by atoms with Crippen LogP contribution < -0.4 is 5.32 Å². The quantitative estimate of drug-likeness (QED) is 0.800. The van der Waals surface area contributed by atoms with E-state index in [0.29, 0.717) is 5.91 Å². The molecule has 0 aromatic heterocycles. The summed E-state index contributed by atoms with van der Waals surface area (Å²) in [7, 11) is 0. The zero-order valence-electron chi connectivity index (χ0n) is 14.3. The fourth-order valence-corrected chi connectivity index (χ4v) is 6.22. The Kier molecular flexibility index (Phi) is 3.74. The van der Waals surface area contributed by atoms with Gasteiger partial charge >= 0.3 is 0 Å². The van der Waals surface area contributed by atoms with Crippen LogP contribution in [0, 0.1) is 17.3 Å². The molecule has 124 valence electrons. The number of unbranched alkanes of at least 4 members (excludes halogenated alkanes) is 1. The van der Waals surface area contributed by atoms with Gasteiger partial charge in [-0.3, -0.25) is 4.79 Å². The molecule has 0 radical (unpaired) electrons. The van der Waals surface area contributed by atoms with Crippen molar-refractivity contribution in [3.63, 3.8) is 0 Å². The number of hydrogen-bond acceptors (Lipinski definition) is 1. The van der Waals surface area contributed by atoms with Crippen molar-refractivity contribution < 1.29 is 4.79 Å². The Labute approximate surface area is 140 Å². The highest BCUT2D eigenvalue weighted by molar-refractivity contribution is 5.83. The highest BCUT2D eigenvalue weighted by Gasteiger charge is 2.60. The van der Waals surface area contributed by atoms with Crippen LogP contribution >= 0.6 is 0 Å². The smallest absolute Gasteiger partial charge is 0.226 e. The topological polar surface area (TPSA) is 29.1 Å². The molecule has 1 aromatic carbocycles. The number of nitrogens with one attached hydrogen (secondary N) is 1. The minimum atomic E-state index is -0.0757. The second-order valence-corrected chi connectivity index (χ2v) is 8.50. The first-order chi connectivity index (χ1) is 11.2. The van der Waals surface area contributed by atoms with E-state index in [2.05, 4.69) is 42.6 Å². The van der Waals surface area contributed by atoms with Crippen LogP contribution in [0.1, 0.15) is 63.9 Å². The lowest BCUT2D eigenvalue weighted by Crippen LogP contribution is -2.59. The van der Waals surface area contributed by atoms with Crippen molar-refractivity contribution in [1.29, 1.82) is 0 Å². The molecule has 0 unspecified atom stereocenters. The third-order valence-electron chi connectivity index (χ3n) is 6.74. The predicted octanol–water partition coefficient (Wildman–Crippen LogP) is 4.44. The molecular formula is C21H29NO. The van der Waals surface area contributed by atoms with Gasteiger partial charge in [0.1, 0.15) is 0 Å². The van der Waals surface area contributed by atoms with Crippen LogP contribution in [0.5, 0.6) is 0 Å². The van der Waals surface area contributed by atoms with Crippen molar-refractivity contribution in [2.24, 2.45) is 17.3 Å². The summed E-state index contributed by atoms with van der Waals surface area (Å²) in [6.07, 6.45) is 9.56. The van der Waals surface area contributed by atoms with E-state index in [4.69, 9.17) is 0 Å². The maximum absolute atomic E-state index is 13.0. The van der Waals surface area contributed by atoms with Crippen molar-refractivity contribution >= 4 is 5.91 Å². The van der Waals surface area contributed by atoms with Crippen LogP contribution in [0.4, 0.5) is 0 Å². The summed E-state index contributed by atoms with van der Waals surface area (Å²) in [5.41, 5.74) is 1.68. The van der Waals surface area contributed by atoms with Gasteiger partial charge < -0.3 is 5.32 Å². The van der Waals surface area contributed by atoms with E-state index in [1.807, 2.05) is 0 Å². The van der Waals surface area contributed by atoms with Gasteiger partial charge in [0.2, 0.25) is 5.91 Å². The Morgan fingerprint density at radius 1 is 1.13 bits per heavy atom. The molecule has 1 N–H and O–H groups in total. The Morgan fingerprint density at radius 2 is 1.83 bits per heavy atom. The maximum atomic E-state index is 13.0. The molecule has 2 heteroatoms. The van der Waals surface area contributed by atoms with Crippen LogP contribution in [0.2, 0.25) is 0 Å². The van der Waals surface area contributed by atoms with Crippen molar-refractivity contribution in [3.8, 4) is 0 Å². The highest BCUT2D eigenvalue weighted by Crippen LogP contribution is 2.65. The van der Waals surface area contributed by atoms with Gasteiger partial charge in [-0.1, -0.05) is 43.7 Å². The fourth-order valence-electron chi connectivity index (χ4n) is 6.22. The summed E-state index contributed by atoms with van der Waals surface area (Å²) in [5.74, 6) is 1.88. The molecule has 2 nitrogen and oxygen atoms in total. The van der Waals surface area contributed by atoms with Crippen LogP contribution in [0.25, 0.3) is 0 Å². The molecule has 2 atom stereocenters. The number of carbonyl (C=O) groups is 1. The average Bonchev–Trinajstić information content (AvgIpc) is 2.54. The van der Waals surface area contributed by atoms with Gasteiger partial charge in [-0.25, -0.2) is 0 Å². The Morgan fingerprint density at radius 3 is 2.48 bits per heavy atom. The summed E-state index contributed by atoms with van der Waals surface area (Å²) in [6.45, 7) is 3.03. The Bertz CT molecular complexity index is 565. The fraction of sp³-hybridized carbons (Fsp3) is 0.667. The average molecular weight is 311 g/mol. The molecule has 0 saturated heterocycles. The van der Waals surface area contributed by atoms with E-state index in [-0.39, 0.29) is 10.8 Å². The number of benzene rings is 1. The largest absolute Gasteiger partial charge is 0.356 e. The van der Waals surface area contributed by atoms with Crippen LogP contribution in [-0.4, -0.2) is 12.5 Å². The minimum Gasteiger partial charge on any atom is -0.356 e. The standard InChI is InChI=1S/C21H29NO/c1-2-3-9-22-19(23)21-13-16-10-17(14-21)12-20(11-16,15-21)18-7-5-4-6-8-18/h4-8,16-17H,2-3,9-15H2,1H3,(H,22,23)/t16-,17-,20?,21?/m0/s1. The zero-order chi connectivity index (χ0) is 15.9.